The number of hydrogen-bond donors (Lipinski definition) is 1. The standard InChI is InChI=1S/C28H35N5O6.C6H10O.C3H6O.C2H6/c1-29-7-8-33(5)28(35)39-26-11-18(16-34)19(12-23(26)36-6)21-15-30-22-14-25-24(37-17-38-25)13-20(22)27(21)32(4)10-9-31(2)3;1-6(2)4-3-5-7;1-3(2)4;1-2/h11-16,29H,7-10,17H2,1-6H3;5H,1,3-4H2,2H3;1-2H3;1-2H3. The highest BCUT2D eigenvalue weighted by molar-refractivity contribution is 6.04. The molecule has 286 valence electrons. The highest BCUT2D eigenvalue weighted by Gasteiger charge is 2.24. The number of nitrogens with one attached hydrogen (secondary N) is 1. The molecule has 0 atom stereocenters. The highest BCUT2D eigenvalue weighted by atomic mass is 16.7. The first-order chi connectivity index (χ1) is 24.8. The first-order valence-electron chi connectivity index (χ1n) is 17.2. The lowest BCUT2D eigenvalue weighted by atomic mass is 9.96. The second-order valence-electron chi connectivity index (χ2n) is 12.1. The molecular formula is C39H57N5O8. The largest absolute Gasteiger partial charge is 0.493 e. The van der Waals surface area contributed by atoms with Crippen LogP contribution in [-0.2, 0) is 9.59 Å². The van der Waals surface area contributed by atoms with Crippen molar-refractivity contribution in [3.8, 4) is 34.1 Å². The predicted molar refractivity (Wildman–Crippen MR) is 207 cm³/mol. The van der Waals surface area contributed by atoms with Crippen LogP contribution in [0.3, 0.4) is 0 Å². The Kier molecular flexibility index (Phi) is 20.3. The number of fused-ring (bicyclic) bond motifs is 2. The molecule has 1 aliphatic heterocycles. The highest BCUT2D eigenvalue weighted by Crippen LogP contribution is 2.44. The Morgan fingerprint density at radius 3 is 2.10 bits per heavy atom. The van der Waals surface area contributed by atoms with Gasteiger partial charge >= 0.3 is 6.09 Å². The fourth-order valence-electron chi connectivity index (χ4n) is 4.63. The fourth-order valence-corrected chi connectivity index (χ4v) is 4.63. The average Bonchev–Trinajstić information content (AvgIpc) is 3.58. The third-order valence-corrected chi connectivity index (χ3v) is 7.25. The van der Waals surface area contributed by atoms with Crippen LogP contribution in [0.4, 0.5) is 10.5 Å². The zero-order chi connectivity index (χ0) is 39.4. The average molecular weight is 724 g/mol. The molecule has 0 unspecified atom stereocenters. The molecule has 1 aliphatic rings. The molecule has 0 fully saturated rings. The van der Waals surface area contributed by atoms with E-state index in [2.05, 4.69) is 21.7 Å². The Bertz CT molecular complexity index is 1640. The molecule has 1 aromatic heterocycles. The molecule has 52 heavy (non-hydrogen) atoms. The van der Waals surface area contributed by atoms with E-state index in [1.807, 2.05) is 54.0 Å². The van der Waals surface area contributed by atoms with Gasteiger partial charge in [0.25, 0.3) is 0 Å². The molecule has 1 N–H and O–H groups in total. The summed E-state index contributed by atoms with van der Waals surface area (Å²) in [4.78, 5) is 54.5. The molecule has 4 rings (SSSR count). The molecule has 3 aromatic rings. The van der Waals surface area contributed by atoms with Crippen molar-refractivity contribution in [1.82, 2.24) is 20.1 Å². The number of nitrogens with zero attached hydrogens (tertiary/aromatic N) is 4. The van der Waals surface area contributed by atoms with E-state index in [1.165, 1.54) is 31.9 Å². The van der Waals surface area contributed by atoms with Crippen LogP contribution in [0, 0.1) is 0 Å². The van der Waals surface area contributed by atoms with Gasteiger partial charge in [0.2, 0.25) is 6.79 Å². The van der Waals surface area contributed by atoms with Crippen molar-refractivity contribution in [2.45, 2.75) is 47.5 Å². The summed E-state index contributed by atoms with van der Waals surface area (Å²) in [5.74, 6) is 1.93. The van der Waals surface area contributed by atoms with Crippen molar-refractivity contribution in [3.63, 3.8) is 0 Å². The smallest absolute Gasteiger partial charge is 0.415 e. The van der Waals surface area contributed by atoms with Crippen LogP contribution in [0.15, 0.2) is 42.6 Å². The zero-order valence-electron chi connectivity index (χ0n) is 32.8. The normalized spacial score (nSPS) is 10.8. The number of ether oxygens (including phenoxy) is 4. The second-order valence-corrected chi connectivity index (χ2v) is 12.1. The minimum atomic E-state index is -0.555. The van der Waals surface area contributed by atoms with Gasteiger partial charge in [0.05, 0.1) is 18.3 Å². The van der Waals surface area contributed by atoms with Crippen molar-refractivity contribution in [2.75, 3.05) is 80.2 Å². The molecular weight excluding hydrogens is 666 g/mol. The van der Waals surface area contributed by atoms with Crippen LogP contribution < -0.4 is 29.2 Å². The van der Waals surface area contributed by atoms with Gasteiger partial charge in [-0.3, -0.25) is 9.78 Å². The number of methoxy groups -OCH3 is 1. The minimum Gasteiger partial charge on any atom is -0.493 e. The van der Waals surface area contributed by atoms with Crippen LogP contribution in [0.25, 0.3) is 22.0 Å². The zero-order valence-corrected chi connectivity index (χ0v) is 32.8. The molecule has 13 nitrogen and oxygen atoms in total. The van der Waals surface area contributed by atoms with Crippen LogP contribution in [0.1, 0.15) is 57.8 Å². The topological polar surface area (TPSA) is 140 Å². The molecule has 0 saturated heterocycles. The van der Waals surface area contributed by atoms with Crippen molar-refractivity contribution in [1.29, 1.82) is 0 Å². The number of pyridine rings is 1. The van der Waals surface area contributed by atoms with E-state index < -0.39 is 6.09 Å². The number of hydrogen-bond acceptors (Lipinski definition) is 12. The van der Waals surface area contributed by atoms with Gasteiger partial charge in [-0.2, -0.15) is 0 Å². The summed E-state index contributed by atoms with van der Waals surface area (Å²) >= 11 is 0. The van der Waals surface area contributed by atoms with Gasteiger partial charge < -0.3 is 48.6 Å². The molecule has 2 heterocycles. The maximum absolute atomic E-state index is 12.6. The number of aromatic nitrogens is 1. The lowest BCUT2D eigenvalue weighted by Crippen LogP contribution is -2.34. The first-order valence-corrected chi connectivity index (χ1v) is 17.2. The van der Waals surface area contributed by atoms with Crippen molar-refractivity contribution >= 4 is 41.0 Å². The Labute approximate surface area is 308 Å². The molecule has 13 heteroatoms. The summed E-state index contributed by atoms with van der Waals surface area (Å²) in [5, 5.41) is 3.85. The molecule has 2 aromatic carbocycles. The summed E-state index contributed by atoms with van der Waals surface area (Å²) in [6.45, 7) is 15.4. The second kappa shape index (κ2) is 23.5. The van der Waals surface area contributed by atoms with E-state index in [4.69, 9.17) is 23.9 Å². The van der Waals surface area contributed by atoms with E-state index in [0.717, 1.165) is 59.8 Å². The molecule has 0 bridgehead atoms. The Balaban J connectivity index is 0.000000896. The Morgan fingerprint density at radius 1 is 0.942 bits per heavy atom. The van der Waals surface area contributed by atoms with Crippen LogP contribution in [0.5, 0.6) is 23.0 Å². The molecule has 0 saturated carbocycles. The summed E-state index contributed by atoms with van der Waals surface area (Å²) in [5.41, 5.74) is 4.36. The van der Waals surface area contributed by atoms with E-state index in [0.29, 0.717) is 47.9 Å². The summed E-state index contributed by atoms with van der Waals surface area (Å²) < 4.78 is 22.4. The van der Waals surface area contributed by atoms with Crippen molar-refractivity contribution in [3.05, 3.63) is 48.2 Å². The summed E-state index contributed by atoms with van der Waals surface area (Å²) in [6, 6.07) is 7.02. The van der Waals surface area contributed by atoms with Crippen molar-refractivity contribution in [2.24, 2.45) is 0 Å². The SMILES string of the molecule is C=C(C)CCC=O.CC.CC(C)=O.CNCCN(C)C(=O)Oc1cc(C=O)c(-c2cnc3cc4c(cc3c2N(C)CCN(C)C)OCO4)cc1OC. The van der Waals surface area contributed by atoms with Crippen LogP contribution in [0.2, 0.25) is 0 Å². The predicted octanol–water partition coefficient (Wildman–Crippen LogP) is 6.26. The Morgan fingerprint density at radius 2 is 1.58 bits per heavy atom. The third kappa shape index (κ3) is 14.0. The van der Waals surface area contributed by atoms with Gasteiger partial charge in [0.1, 0.15) is 12.1 Å². The van der Waals surface area contributed by atoms with Gasteiger partial charge in [-0.15, -0.1) is 6.58 Å². The fraction of sp³-hybridized carbons (Fsp3) is 0.462. The number of Topliss-reactive ketones (excluding diaryl/α,β-unsaturated/α-hetero) is 1. The quantitative estimate of drug-likeness (QED) is 0.148. The number of aldehydes is 2. The van der Waals surface area contributed by atoms with Crippen molar-refractivity contribution < 1.29 is 38.1 Å². The number of amides is 1. The van der Waals surface area contributed by atoms with Gasteiger partial charge in [-0.25, -0.2) is 4.79 Å². The molecule has 1 amide bonds. The van der Waals surface area contributed by atoms with Gasteiger partial charge in [-0.1, -0.05) is 19.4 Å². The first kappa shape index (κ1) is 45.0. The van der Waals surface area contributed by atoms with E-state index in [1.54, 1.807) is 26.4 Å². The number of benzene rings is 2. The van der Waals surface area contributed by atoms with E-state index in [9.17, 15) is 19.2 Å². The number of carbonyl (C=O) groups is 4. The van der Waals surface area contributed by atoms with Gasteiger partial charge in [0.15, 0.2) is 29.3 Å². The van der Waals surface area contributed by atoms with Crippen LogP contribution >= 0.6 is 0 Å². The van der Waals surface area contributed by atoms with Crippen LogP contribution in [-0.4, -0.2) is 115 Å². The lowest BCUT2D eigenvalue weighted by molar-refractivity contribution is -0.115. The number of carbonyl (C=O) groups excluding carboxylic acids is 4. The summed E-state index contributed by atoms with van der Waals surface area (Å²) in [6.07, 6.45) is 4.30. The van der Waals surface area contributed by atoms with Gasteiger partial charge in [-0.05, 0) is 72.1 Å². The number of anilines is 1. The number of allylic oxidation sites excluding steroid dienone is 1. The maximum Gasteiger partial charge on any atom is 0.415 e. The molecule has 0 radical (unpaired) electrons. The number of rotatable bonds is 14. The van der Waals surface area contributed by atoms with Gasteiger partial charge in [0, 0.05) is 75.5 Å². The molecule has 0 aliphatic carbocycles. The molecule has 0 spiro atoms. The minimum absolute atomic E-state index is 0.154. The number of ketones is 1. The maximum atomic E-state index is 12.6. The lowest BCUT2D eigenvalue weighted by Gasteiger charge is -2.26. The Hall–Kier alpha value is -5.01. The summed E-state index contributed by atoms with van der Waals surface area (Å²) in [7, 11) is 11.0. The van der Waals surface area contributed by atoms with E-state index in [-0.39, 0.29) is 18.3 Å². The third-order valence-electron chi connectivity index (χ3n) is 7.25. The van der Waals surface area contributed by atoms with E-state index >= 15 is 0 Å². The monoisotopic (exact) mass is 723 g/mol. The number of likely N-dealkylation sites (N-methyl/N-ethyl adjacent to an activating group) is 4.